The van der Waals surface area contributed by atoms with Gasteiger partial charge in [-0.3, -0.25) is 4.79 Å². The van der Waals surface area contributed by atoms with Crippen LogP contribution in [-0.2, 0) is 9.59 Å². The first-order valence-corrected chi connectivity index (χ1v) is 5.34. The van der Waals surface area contributed by atoms with E-state index in [2.05, 4.69) is 11.4 Å². The van der Waals surface area contributed by atoms with E-state index in [4.69, 9.17) is 5.11 Å². The zero-order chi connectivity index (χ0) is 10.9. The largest absolute Gasteiger partial charge is 0.480 e. The highest BCUT2D eigenvalue weighted by molar-refractivity contribution is 5.90. The van der Waals surface area contributed by atoms with Crippen molar-refractivity contribution in [3.63, 3.8) is 0 Å². The number of nitrogens with one attached hydrogen (secondary N) is 1. The van der Waals surface area contributed by atoms with Gasteiger partial charge in [0.1, 0.15) is 5.54 Å². The second kappa shape index (κ2) is 3.68. The molecule has 0 saturated heterocycles. The van der Waals surface area contributed by atoms with Gasteiger partial charge in [-0.25, -0.2) is 4.79 Å². The predicted molar refractivity (Wildman–Crippen MR) is 54.2 cm³/mol. The maximum atomic E-state index is 11.7. The van der Waals surface area contributed by atoms with Crippen LogP contribution >= 0.6 is 0 Å². The molecule has 82 valence electrons. The van der Waals surface area contributed by atoms with Gasteiger partial charge in [0, 0.05) is 5.92 Å². The van der Waals surface area contributed by atoms with Crippen LogP contribution in [0.15, 0.2) is 12.2 Å². The lowest BCUT2D eigenvalue weighted by molar-refractivity contribution is -0.143. The lowest BCUT2D eigenvalue weighted by Gasteiger charge is -2.20. The van der Waals surface area contributed by atoms with E-state index < -0.39 is 11.5 Å². The minimum atomic E-state index is -0.932. The van der Waals surface area contributed by atoms with Gasteiger partial charge in [0.25, 0.3) is 0 Å². The molecule has 0 aliphatic heterocycles. The smallest absolute Gasteiger partial charge is 0.329 e. The summed E-state index contributed by atoms with van der Waals surface area (Å²) in [6.07, 6.45) is 7.67. The Morgan fingerprint density at radius 2 is 2.07 bits per heavy atom. The topological polar surface area (TPSA) is 66.4 Å². The molecule has 0 aromatic carbocycles. The zero-order valence-electron chi connectivity index (χ0n) is 8.53. The first-order valence-electron chi connectivity index (χ1n) is 5.34. The number of aliphatic carboxylic acids is 1. The van der Waals surface area contributed by atoms with Crippen molar-refractivity contribution in [3.8, 4) is 0 Å². The summed E-state index contributed by atoms with van der Waals surface area (Å²) in [5.74, 6) is -1.03. The van der Waals surface area contributed by atoms with Gasteiger partial charge in [-0.05, 0) is 32.1 Å². The van der Waals surface area contributed by atoms with E-state index in [0.29, 0.717) is 12.8 Å². The number of hydrogen-bond acceptors (Lipinski definition) is 2. The highest BCUT2D eigenvalue weighted by Gasteiger charge is 2.52. The molecule has 4 heteroatoms. The summed E-state index contributed by atoms with van der Waals surface area (Å²) < 4.78 is 0. The number of carbonyl (C=O) groups is 2. The van der Waals surface area contributed by atoms with Crippen LogP contribution in [0.25, 0.3) is 0 Å². The van der Waals surface area contributed by atoms with E-state index in [9.17, 15) is 9.59 Å². The van der Waals surface area contributed by atoms with Gasteiger partial charge in [0.05, 0.1) is 0 Å². The molecule has 1 saturated carbocycles. The fourth-order valence-electron chi connectivity index (χ4n) is 1.89. The Labute approximate surface area is 88.4 Å². The summed E-state index contributed by atoms with van der Waals surface area (Å²) >= 11 is 0. The van der Waals surface area contributed by atoms with Gasteiger partial charge in [-0.2, -0.15) is 0 Å². The van der Waals surface area contributed by atoms with Gasteiger partial charge >= 0.3 is 5.97 Å². The third-order valence-electron chi connectivity index (χ3n) is 3.16. The predicted octanol–water partition coefficient (Wildman–Crippen LogP) is 1.08. The molecule has 2 N–H and O–H groups in total. The molecule has 2 rings (SSSR count). The van der Waals surface area contributed by atoms with Crippen molar-refractivity contribution in [3.05, 3.63) is 12.2 Å². The standard InChI is InChI=1S/C11H15NO3/c13-9(8-4-2-1-3-5-8)12-11(6-7-11)10(14)15/h1-2,8H,3-7H2,(H,12,13)(H,14,15). The summed E-state index contributed by atoms with van der Waals surface area (Å²) in [5.41, 5.74) is -0.932. The highest BCUT2D eigenvalue weighted by Crippen LogP contribution is 2.36. The molecule has 0 aromatic rings. The maximum Gasteiger partial charge on any atom is 0.329 e. The van der Waals surface area contributed by atoms with Crippen LogP contribution in [-0.4, -0.2) is 22.5 Å². The van der Waals surface area contributed by atoms with E-state index in [-0.39, 0.29) is 11.8 Å². The average Bonchev–Trinajstić information content (AvgIpc) is 3.00. The van der Waals surface area contributed by atoms with Crippen molar-refractivity contribution in [1.82, 2.24) is 5.32 Å². The fraction of sp³-hybridized carbons (Fsp3) is 0.636. The van der Waals surface area contributed by atoms with E-state index in [0.717, 1.165) is 19.3 Å². The summed E-state index contributed by atoms with van der Waals surface area (Å²) in [7, 11) is 0. The van der Waals surface area contributed by atoms with Gasteiger partial charge in [-0.15, -0.1) is 0 Å². The molecule has 0 bridgehead atoms. The SMILES string of the molecule is O=C(NC1(C(=O)O)CC1)C1CC=CCC1. The van der Waals surface area contributed by atoms with Crippen molar-refractivity contribution in [2.45, 2.75) is 37.6 Å². The van der Waals surface area contributed by atoms with E-state index in [1.165, 1.54) is 0 Å². The number of rotatable bonds is 3. The van der Waals surface area contributed by atoms with Gasteiger partial charge in [-0.1, -0.05) is 12.2 Å². The first-order chi connectivity index (χ1) is 7.14. The monoisotopic (exact) mass is 209 g/mol. The van der Waals surface area contributed by atoms with Crippen LogP contribution in [0.1, 0.15) is 32.1 Å². The quantitative estimate of drug-likeness (QED) is 0.683. The van der Waals surface area contributed by atoms with E-state index in [1.807, 2.05) is 6.08 Å². The Morgan fingerprint density at radius 1 is 1.33 bits per heavy atom. The van der Waals surface area contributed by atoms with Crippen molar-refractivity contribution in [2.24, 2.45) is 5.92 Å². The third-order valence-corrected chi connectivity index (χ3v) is 3.16. The van der Waals surface area contributed by atoms with Gasteiger partial charge in [0.15, 0.2) is 0 Å². The molecule has 1 atom stereocenters. The summed E-state index contributed by atoms with van der Waals surface area (Å²) in [6, 6.07) is 0. The molecule has 2 aliphatic carbocycles. The second-order valence-electron chi connectivity index (χ2n) is 4.36. The molecule has 4 nitrogen and oxygen atoms in total. The summed E-state index contributed by atoms with van der Waals surface area (Å²) in [6.45, 7) is 0. The van der Waals surface area contributed by atoms with Gasteiger partial charge < -0.3 is 10.4 Å². The fourth-order valence-corrected chi connectivity index (χ4v) is 1.89. The Bertz CT molecular complexity index is 318. The Hall–Kier alpha value is -1.32. The summed E-state index contributed by atoms with van der Waals surface area (Å²) in [5, 5.41) is 11.6. The first kappa shape index (κ1) is 10.2. The highest BCUT2D eigenvalue weighted by atomic mass is 16.4. The Morgan fingerprint density at radius 3 is 2.53 bits per heavy atom. The number of carbonyl (C=O) groups excluding carboxylic acids is 1. The minimum Gasteiger partial charge on any atom is -0.480 e. The number of hydrogen-bond donors (Lipinski definition) is 2. The Balaban J connectivity index is 1.92. The molecule has 0 spiro atoms. The molecule has 15 heavy (non-hydrogen) atoms. The van der Waals surface area contributed by atoms with Crippen molar-refractivity contribution >= 4 is 11.9 Å². The Kier molecular flexibility index (Phi) is 2.50. The molecular weight excluding hydrogens is 194 g/mol. The third kappa shape index (κ3) is 2.03. The minimum absolute atomic E-state index is 0.0353. The van der Waals surface area contributed by atoms with Crippen LogP contribution < -0.4 is 5.32 Å². The normalized spacial score (nSPS) is 27.1. The molecule has 1 unspecified atom stereocenters. The molecule has 0 aromatic heterocycles. The second-order valence-corrected chi connectivity index (χ2v) is 4.36. The van der Waals surface area contributed by atoms with Crippen molar-refractivity contribution in [2.75, 3.05) is 0 Å². The van der Waals surface area contributed by atoms with Crippen LogP contribution in [0.3, 0.4) is 0 Å². The van der Waals surface area contributed by atoms with E-state index in [1.54, 1.807) is 0 Å². The molecule has 0 radical (unpaired) electrons. The van der Waals surface area contributed by atoms with Crippen molar-refractivity contribution in [1.29, 1.82) is 0 Å². The van der Waals surface area contributed by atoms with Crippen molar-refractivity contribution < 1.29 is 14.7 Å². The maximum absolute atomic E-state index is 11.7. The summed E-state index contributed by atoms with van der Waals surface area (Å²) in [4.78, 5) is 22.6. The lowest BCUT2D eigenvalue weighted by Crippen LogP contribution is -2.45. The molecular formula is C11H15NO3. The lowest BCUT2D eigenvalue weighted by atomic mass is 9.93. The average molecular weight is 209 g/mol. The van der Waals surface area contributed by atoms with Crippen LogP contribution in [0.5, 0.6) is 0 Å². The van der Waals surface area contributed by atoms with E-state index >= 15 is 0 Å². The van der Waals surface area contributed by atoms with Crippen LogP contribution in [0.4, 0.5) is 0 Å². The van der Waals surface area contributed by atoms with Gasteiger partial charge in [0.2, 0.25) is 5.91 Å². The number of amides is 1. The zero-order valence-corrected chi connectivity index (χ0v) is 8.53. The number of carboxylic acids is 1. The molecule has 2 aliphatic rings. The molecule has 0 heterocycles. The molecule has 1 fully saturated rings. The number of allylic oxidation sites excluding steroid dienone is 2. The van der Waals surface area contributed by atoms with Crippen LogP contribution in [0.2, 0.25) is 0 Å². The number of carboxylic acid groups (broad SMARTS) is 1. The molecule has 1 amide bonds. The van der Waals surface area contributed by atoms with Crippen LogP contribution in [0, 0.1) is 5.92 Å².